The molecule has 1 N–H and O–H groups in total. The summed E-state index contributed by atoms with van der Waals surface area (Å²) in [5.41, 5.74) is 3.02. The van der Waals surface area contributed by atoms with Crippen molar-refractivity contribution in [3.8, 4) is 0 Å². The second kappa shape index (κ2) is 6.24. The van der Waals surface area contributed by atoms with E-state index in [9.17, 15) is 4.79 Å². The second-order valence-electron chi connectivity index (χ2n) is 6.11. The summed E-state index contributed by atoms with van der Waals surface area (Å²) < 4.78 is 1.10. The molecule has 24 heavy (non-hydrogen) atoms. The maximum atomic E-state index is 12.7. The summed E-state index contributed by atoms with van der Waals surface area (Å²) in [5, 5.41) is 4.09. The summed E-state index contributed by atoms with van der Waals surface area (Å²) in [7, 11) is 0. The minimum Gasteiger partial charge on any atom is -0.317 e. The number of benzene rings is 2. The first-order valence-electron chi connectivity index (χ1n) is 8.20. The van der Waals surface area contributed by atoms with E-state index in [1.165, 1.54) is 5.56 Å². The molecule has 1 unspecified atom stereocenters. The fourth-order valence-corrected chi connectivity index (χ4v) is 4.21. The van der Waals surface area contributed by atoms with Gasteiger partial charge in [0.2, 0.25) is 0 Å². The molecule has 1 saturated heterocycles. The zero-order valence-electron chi connectivity index (χ0n) is 13.5. The number of nitrogens with one attached hydrogen (secondary N) is 1. The summed E-state index contributed by atoms with van der Waals surface area (Å²) in [6, 6.07) is 16.3. The third-order valence-corrected chi connectivity index (χ3v) is 5.38. The standard InChI is InChI=1S/C19H19N3OS/c1-13-20-16-10-9-15(12-18(16)24-13)21-19(23)22-11-5-8-17(22)14-6-3-2-4-7-14/h2-4,6-7,9-10,12,17H,5,8,11H2,1H3,(H,21,23). The van der Waals surface area contributed by atoms with Crippen molar-refractivity contribution in [1.29, 1.82) is 0 Å². The first kappa shape index (κ1) is 15.1. The van der Waals surface area contributed by atoms with Gasteiger partial charge in [0.25, 0.3) is 0 Å². The van der Waals surface area contributed by atoms with Crippen LogP contribution in [0.5, 0.6) is 0 Å². The van der Waals surface area contributed by atoms with Crippen LogP contribution >= 0.6 is 11.3 Å². The molecular weight excluding hydrogens is 318 g/mol. The van der Waals surface area contributed by atoms with Crippen LogP contribution in [-0.2, 0) is 0 Å². The van der Waals surface area contributed by atoms with Crippen molar-refractivity contribution in [2.75, 3.05) is 11.9 Å². The Morgan fingerprint density at radius 1 is 1.25 bits per heavy atom. The number of amides is 2. The molecule has 3 aromatic rings. The van der Waals surface area contributed by atoms with E-state index < -0.39 is 0 Å². The largest absolute Gasteiger partial charge is 0.322 e. The number of anilines is 1. The summed E-state index contributed by atoms with van der Waals surface area (Å²) in [6.45, 7) is 2.80. The van der Waals surface area contributed by atoms with Gasteiger partial charge in [0, 0.05) is 12.2 Å². The molecule has 1 aromatic heterocycles. The Balaban J connectivity index is 1.54. The molecular formula is C19H19N3OS. The Morgan fingerprint density at radius 3 is 2.92 bits per heavy atom. The highest BCUT2D eigenvalue weighted by molar-refractivity contribution is 7.18. The number of likely N-dealkylation sites (tertiary alicyclic amines) is 1. The number of aryl methyl sites for hydroxylation is 1. The number of rotatable bonds is 2. The first-order chi connectivity index (χ1) is 11.7. The SMILES string of the molecule is Cc1nc2ccc(NC(=O)N3CCCC3c3ccccc3)cc2s1. The number of urea groups is 1. The molecule has 0 saturated carbocycles. The predicted molar refractivity (Wildman–Crippen MR) is 98.5 cm³/mol. The molecule has 0 radical (unpaired) electrons. The van der Waals surface area contributed by atoms with Crippen LogP contribution in [0.15, 0.2) is 48.5 Å². The molecule has 2 aromatic carbocycles. The predicted octanol–water partition coefficient (Wildman–Crippen LogP) is 4.97. The van der Waals surface area contributed by atoms with Crippen LogP contribution in [0, 0.1) is 6.92 Å². The molecule has 122 valence electrons. The lowest BCUT2D eigenvalue weighted by Crippen LogP contribution is -2.34. The number of carbonyl (C=O) groups is 1. The van der Waals surface area contributed by atoms with Crippen LogP contribution < -0.4 is 5.32 Å². The van der Waals surface area contributed by atoms with Gasteiger partial charge in [-0.25, -0.2) is 9.78 Å². The molecule has 1 fully saturated rings. The van der Waals surface area contributed by atoms with E-state index in [0.29, 0.717) is 0 Å². The van der Waals surface area contributed by atoms with Crippen molar-refractivity contribution >= 4 is 33.3 Å². The molecule has 5 heteroatoms. The Labute approximate surface area is 145 Å². The topological polar surface area (TPSA) is 45.2 Å². The van der Waals surface area contributed by atoms with Gasteiger partial charge in [-0.15, -0.1) is 11.3 Å². The second-order valence-corrected chi connectivity index (χ2v) is 7.34. The van der Waals surface area contributed by atoms with E-state index in [1.54, 1.807) is 11.3 Å². The van der Waals surface area contributed by atoms with Crippen LogP contribution in [0.1, 0.15) is 29.5 Å². The van der Waals surface area contributed by atoms with Crippen LogP contribution in [0.2, 0.25) is 0 Å². The van der Waals surface area contributed by atoms with Crippen LogP contribution in [-0.4, -0.2) is 22.5 Å². The number of hydrogen-bond donors (Lipinski definition) is 1. The van der Waals surface area contributed by atoms with Crippen molar-refractivity contribution in [3.63, 3.8) is 0 Å². The number of thiazole rings is 1. The molecule has 4 rings (SSSR count). The average Bonchev–Trinajstić information content (AvgIpc) is 3.21. The van der Waals surface area contributed by atoms with Gasteiger partial charge in [-0.3, -0.25) is 0 Å². The van der Waals surface area contributed by atoms with E-state index in [1.807, 2.05) is 48.2 Å². The highest BCUT2D eigenvalue weighted by Crippen LogP contribution is 2.32. The number of carbonyl (C=O) groups excluding carboxylic acids is 1. The number of aromatic nitrogens is 1. The summed E-state index contributed by atoms with van der Waals surface area (Å²) in [6.07, 6.45) is 2.06. The lowest BCUT2D eigenvalue weighted by Gasteiger charge is -2.25. The third-order valence-electron chi connectivity index (χ3n) is 4.44. The minimum atomic E-state index is -0.0260. The Bertz CT molecular complexity index is 875. The smallest absolute Gasteiger partial charge is 0.317 e. The number of nitrogens with zero attached hydrogens (tertiary/aromatic N) is 2. The maximum absolute atomic E-state index is 12.7. The van der Waals surface area contributed by atoms with Gasteiger partial charge >= 0.3 is 6.03 Å². The zero-order chi connectivity index (χ0) is 16.5. The number of hydrogen-bond acceptors (Lipinski definition) is 3. The van der Waals surface area contributed by atoms with Gasteiger partial charge in [0.05, 0.1) is 21.3 Å². The third kappa shape index (κ3) is 2.87. The monoisotopic (exact) mass is 337 g/mol. The van der Waals surface area contributed by atoms with Gasteiger partial charge in [-0.05, 0) is 43.5 Å². The van der Waals surface area contributed by atoms with E-state index in [4.69, 9.17) is 0 Å². The van der Waals surface area contributed by atoms with Crippen molar-refractivity contribution in [3.05, 3.63) is 59.1 Å². The molecule has 1 aliphatic heterocycles. The van der Waals surface area contributed by atoms with Gasteiger partial charge < -0.3 is 10.2 Å². The van der Waals surface area contributed by atoms with E-state index >= 15 is 0 Å². The molecule has 1 atom stereocenters. The van der Waals surface area contributed by atoms with Crippen LogP contribution in [0.4, 0.5) is 10.5 Å². The van der Waals surface area contributed by atoms with E-state index in [-0.39, 0.29) is 12.1 Å². The Kier molecular flexibility index (Phi) is 3.94. The normalized spacial score (nSPS) is 17.4. The molecule has 0 bridgehead atoms. The van der Waals surface area contributed by atoms with Crippen molar-refractivity contribution in [2.24, 2.45) is 0 Å². The van der Waals surface area contributed by atoms with Crippen LogP contribution in [0.3, 0.4) is 0 Å². The minimum absolute atomic E-state index is 0.0260. The molecule has 2 amide bonds. The summed E-state index contributed by atoms with van der Waals surface area (Å²) in [5.74, 6) is 0. The first-order valence-corrected chi connectivity index (χ1v) is 9.02. The fourth-order valence-electron chi connectivity index (χ4n) is 3.34. The molecule has 4 nitrogen and oxygen atoms in total. The van der Waals surface area contributed by atoms with E-state index in [0.717, 1.165) is 40.3 Å². The Hall–Kier alpha value is -2.40. The van der Waals surface area contributed by atoms with Crippen molar-refractivity contribution < 1.29 is 4.79 Å². The van der Waals surface area contributed by atoms with Crippen LogP contribution in [0.25, 0.3) is 10.2 Å². The fraction of sp³-hybridized carbons (Fsp3) is 0.263. The zero-order valence-corrected chi connectivity index (χ0v) is 14.3. The van der Waals surface area contributed by atoms with Crippen molar-refractivity contribution in [2.45, 2.75) is 25.8 Å². The van der Waals surface area contributed by atoms with Gasteiger partial charge in [-0.1, -0.05) is 30.3 Å². The van der Waals surface area contributed by atoms with Gasteiger partial charge in [0.1, 0.15) is 0 Å². The van der Waals surface area contributed by atoms with Crippen molar-refractivity contribution in [1.82, 2.24) is 9.88 Å². The highest BCUT2D eigenvalue weighted by atomic mass is 32.1. The van der Waals surface area contributed by atoms with E-state index in [2.05, 4.69) is 22.4 Å². The van der Waals surface area contributed by atoms with Gasteiger partial charge in [-0.2, -0.15) is 0 Å². The maximum Gasteiger partial charge on any atom is 0.322 e. The average molecular weight is 337 g/mol. The molecule has 2 heterocycles. The lowest BCUT2D eigenvalue weighted by molar-refractivity contribution is 0.207. The van der Waals surface area contributed by atoms with Gasteiger partial charge in [0.15, 0.2) is 0 Å². The number of fused-ring (bicyclic) bond motifs is 1. The quantitative estimate of drug-likeness (QED) is 0.717. The molecule has 1 aliphatic rings. The molecule has 0 spiro atoms. The highest BCUT2D eigenvalue weighted by Gasteiger charge is 2.29. The lowest BCUT2D eigenvalue weighted by atomic mass is 10.1. The summed E-state index contributed by atoms with van der Waals surface area (Å²) in [4.78, 5) is 19.1. The molecule has 0 aliphatic carbocycles. The summed E-state index contributed by atoms with van der Waals surface area (Å²) >= 11 is 1.65. The Morgan fingerprint density at radius 2 is 2.08 bits per heavy atom.